The number of hydrogen-bond donors (Lipinski definition) is 1. The maximum atomic E-state index is 13.2. The molecule has 0 atom stereocenters. The number of carbonyl (C=O) groups excluding carboxylic acids is 1. The van der Waals surface area contributed by atoms with Crippen LogP contribution in [0.4, 0.5) is 15.9 Å². The van der Waals surface area contributed by atoms with Crippen LogP contribution in [0.3, 0.4) is 0 Å². The molecule has 2 aromatic carbocycles. The third-order valence-corrected chi connectivity index (χ3v) is 5.27. The van der Waals surface area contributed by atoms with Crippen LogP contribution in [0.2, 0.25) is 0 Å². The molecule has 3 aromatic rings. The number of anilines is 2. The van der Waals surface area contributed by atoms with E-state index < -0.39 is 11.7 Å². The van der Waals surface area contributed by atoms with Gasteiger partial charge in [-0.3, -0.25) is 4.79 Å². The standard InChI is InChI=1S/C23H23FN4O/c24-19-7-4-8-20(16-19)25-23(29)21-9-10-22(27-26-21)28-13-11-18(12-14-28)15-17-5-2-1-3-6-17/h1-10,16,18H,11-15H2,(H,25,29). The van der Waals surface area contributed by atoms with Gasteiger partial charge in [0.15, 0.2) is 11.5 Å². The van der Waals surface area contributed by atoms with E-state index in [2.05, 4.69) is 44.7 Å². The Morgan fingerprint density at radius 2 is 1.79 bits per heavy atom. The predicted octanol–water partition coefficient (Wildman–Crippen LogP) is 4.33. The average Bonchev–Trinajstić information content (AvgIpc) is 2.75. The highest BCUT2D eigenvalue weighted by Gasteiger charge is 2.21. The number of amides is 1. The molecule has 2 heterocycles. The second-order valence-electron chi connectivity index (χ2n) is 7.36. The van der Waals surface area contributed by atoms with Crippen LogP contribution in [0.15, 0.2) is 66.7 Å². The Morgan fingerprint density at radius 3 is 2.48 bits per heavy atom. The third-order valence-electron chi connectivity index (χ3n) is 5.27. The van der Waals surface area contributed by atoms with Crippen LogP contribution in [-0.2, 0) is 6.42 Å². The molecule has 1 saturated heterocycles. The summed E-state index contributed by atoms with van der Waals surface area (Å²) >= 11 is 0. The largest absolute Gasteiger partial charge is 0.355 e. The normalized spacial score (nSPS) is 14.6. The minimum atomic E-state index is -0.406. The molecule has 0 unspecified atom stereocenters. The van der Waals surface area contributed by atoms with Crippen molar-refractivity contribution in [2.45, 2.75) is 19.3 Å². The van der Waals surface area contributed by atoms with Gasteiger partial charge < -0.3 is 10.2 Å². The predicted molar refractivity (Wildman–Crippen MR) is 111 cm³/mol. The molecule has 1 aromatic heterocycles. The summed E-state index contributed by atoms with van der Waals surface area (Å²) in [6.07, 6.45) is 3.33. The fourth-order valence-corrected chi connectivity index (χ4v) is 3.69. The lowest BCUT2D eigenvalue weighted by Gasteiger charge is -2.32. The second-order valence-corrected chi connectivity index (χ2v) is 7.36. The number of benzene rings is 2. The smallest absolute Gasteiger partial charge is 0.276 e. The van der Waals surface area contributed by atoms with Crippen molar-refractivity contribution in [1.82, 2.24) is 10.2 Å². The van der Waals surface area contributed by atoms with E-state index >= 15 is 0 Å². The first-order chi connectivity index (χ1) is 14.2. The Morgan fingerprint density at radius 1 is 1.00 bits per heavy atom. The first-order valence-electron chi connectivity index (χ1n) is 9.87. The van der Waals surface area contributed by atoms with Gasteiger partial charge in [-0.25, -0.2) is 4.39 Å². The molecule has 1 aliphatic rings. The van der Waals surface area contributed by atoms with Gasteiger partial charge in [-0.05, 0) is 61.1 Å². The van der Waals surface area contributed by atoms with Crippen molar-refractivity contribution in [1.29, 1.82) is 0 Å². The molecule has 0 spiro atoms. The molecule has 0 bridgehead atoms. The van der Waals surface area contributed by atoms with Crippen molar-refractivity contribution in [2.75, 3.05) is 23.3 Å². The van der Waals surface area contributed by atoms with Crippen LogP contribution in [0, 0.1) is 11.7 Å². The fraction of sp³-hybridized carbons (Fsp3) is 0.261. The van der Waals surface area contributed by atoms with Gasteiger partial charge in [0, 0.05) is 18.8 Å². The third kappa shape index (κ3) is 4.96. The minimum Gasteiger partial charge on any atom is -0.355 e. The van der Waals surface area contributed by atoms with Crippen LogP contribution >= 0.6 is 0 Å². The van der Waals surface area contributed by atoms with E-state index in [4.69, 9.17) is 0 Å². The molecule has 4 rings (SSSR count). The van der Waals surface area contributed by atoms with Gasteiger partial charge in [0.05, 0.1) is 0 Å². The van der Waals surface area contributed by atoms with Gasteiger partial charge >= 0.3 is 0 Å². The van der Waals surface area contributed by atoms with Crippen molar-refractivity contribution in [3.05, 3.63) is 83.8 Å². The molecule has 148 valence electrons. The molecular formula is C23H23FN4O. The number of piperidine rings is 1. The van der Waals surface area contributed by atoms with Crippen molar-refractivity contribution in [3.63, 3.8) is 0 Å². The van der Waals surface area contributed by atoms with E-state index in [0.717, 1.165) is 38.2 Å². The Labute approximate surface area is 169 Å². The molecule has 6 heteroatoms. The topological polar surface area (TPSA) is 58.1 Å². The van der Waals surface area contributed by atoms with Crippen molar-refractivity contribution in [3.8, 4) is 0 Å². The number of nitrogens with zero attached hydrogens (tertiary/aromatic N) is 3. The minimum absolute atomic E-state index is 0.206. The van der Waals surface area contributed by atoms with E-state index in [9.17, 15) is 9.18 Å². The Kier molecular flexibility index (Phi) is 5.79. The van der Waals surface area contributed by atoms with Gasteiger partial charge in [-0.1, -0.05) is 36.4 Å². The second kappa shape index (κ2) is 8.82. The highest BCUT2D eigenvalue weighted by Crippen LogP contribution is 2.24. The summed E-state index contributed by atoms with van der Waals surface area (Å²) < 4.78 is 13.2. The monoisotopic (exact) mass is 390 g/mol. The zero-order chi connectivity index (χ0) is 20.1. The number of rotatable bonds is 5. The van der Waals surface area contributed by atoms with Gasteiger partial charge in [-0.2, -0.15) is 0 Å². The maximum absolute atomic E-state index is 13.2. The number of nitrogens with one attached hydrogen (secondary N) is 1. The van der Waals surface area contributed by atoms with Crippen LogP contribution in [-0.4, -0.2) is 29.2 Å². The van der Waals surface area contributed by atoms with E-state index in [1.54, 1.807) is 18.2 Å². The number of halogens is 1. The lowest BCUT2D eigenvalue weighted by Crippen LogP contribution is -2.35. The molecule has 5 nitrogen and oxygen atoms in total. The molecule has 0 aliphatic carbocycles. The molecule has 1 aliphatic heterocycles. The highest BCUT2D eigenvalue weighted by molar-refractivity contribution is 6.02. The average molecular weight is 390 g/mol. The summed E-state index contributed by atoms with van der Waals surface area (Å²) in [6, 6.07) is 19.8. The Bertz CT molecular complexity index is 954. The summed E-state index contributed by atoms with van der Waals surface area (Å²) in [4.78, 5) is 14.5. The van der Waals surface area contributed by atoms with E-state index in [-0.39, 0.29) is 5.69 Å². The SMILES string of the molecule is O=C(Nc1cccc(F)c1)c1ccc(N2CCC(Cc3ccccc3)CC2)nn1. The molecule has 1 amide bonds. The van der Waals surface area contributed by atoms with Crippen LogP contribution < -0.4 is 10.2 Å². The lowest BCUT2D eigenvalue weighted by atomic mass is 9.90. The molecule has 1 N–H and O–H groups in total. The zero-order valence-corrected chi connectivity index (χ0v) is 16.1. The summed E-state index contributed by atoms with van der Waals surface area (Å²) in [5.74, 6) is 0.652. The van der Waals surface area contributed by atoms with Crippen LogP contribution in [0.25, 0.3) is 0 Å². The van der Waals surface area contributed by atoms with E-state index in [1.807, 2.05) is 12.1 Å². The molecule has 1 fully saturated rings. The Balaban J connectivity index is 1.32. The number of carbonyl (C=O) groups is 1. The molecule has 0 radical (unpaired) electrons. The molecular weight excluding hydrogens is 367 g/mol. The quantitative estimate of drug-likeness (QED) is 0.705. The summed E-state index contributed by atoms with van der Waals surface area (Å²) in [6.45, 7) is 1.86. The number of aromatic nitrogens is 2. The van der Waals surface area contributed by atoms with Gasteiger partial charge in [0.2, 0.25) is 0 Å². The number of hydrogen-bond acceptors (Lipinski definition) is 4. The fourth-order valence-electron chi connectivity index (χ4n) is 3.69. The van der Waals surface area contributed by atoms with Crippen molar-refractivity contribution >= 4 is 17.4 Å². The van der Waals surface area contributed by atoms with Crippen LogP contribution in [0.5, 0.6) is 0 Å². The van der Waals surface area contributed by atoms with Crippen LogP contribution in [0.1, 0.15) is 28.9 Å². The summed E-state index contributed by atoms with van der Waals surface area (Å²) in [5.41, 5.74) is 1.98. The highest BCUT2D eigenvalue weighted by atomic mass is 19.1. The summed E-state index contributed by atoms with van der Waals surface area (Å²) in [5, 5.41) is 10.9. The Hall–Kier alpha value is -3.28. The molecule has 0 saturated carbocycles. The lowest BCUT2D eigenvalue weighted by molar-refractivity contribution is 0.102. The first kappa shape index (κ1) is 19.1. The summed E-state index contributed by atoms with van der Waals surface area (Å²) in [7, 11) is 0. The van der Waals surface area contributed by atoms with E-state index in [0.29, 0.717) is 11.6 Å². The zero-order valence-electron chi connectivity index (χ0n) is 16.1. The van der Waals surface area contributed by atoms with Gasteiger partial charge in [0.1, 0.15) is 5.82 Å². The first-order valence-corrected chi connectivity index (χ1v) is 9.87. The van der Waals surface area contributed by atoms with Crippen molar-refractivity contribution in [2.24, 2.45) is 5.92 Å². The maximum Gasteiger partial charge on any atom is 0.276 e. The van der Waals surface area contributed by atoms with E-state index in [1.165, 1.54) is 17.7 Å². The van der Waals surface area contributed by atoms with Gasteiger partial charge in [-0.15, -0.1) is 10.2 Å². The van der Waals surface area contributed by atoms with Crippen molar-refractivity contribution < 1.29 is 9.18 Å². The molecule has 29 heavy (non-hydrogen) atoms. The van der Waals surface area contributed by atoms with Gasteiger partial charge in [0.25, 0.3) is 5.91 Å².